The maximum atomic E-state index is 12.5. The third-order valence-electron chi connectivity index (χ3n) is 5.62. The molecule has 2 aromatic rings. The Morgan fingerprint density at radius 1 is 1.03 bits per heavy atom. The van der Waals surface area contributed by atoms with Crippen LogP contribution in [-0.4, -0.2) is 42.3 Å². The minimum Gasteiger partial charge on any atom is -0.481 e. The van der Waals surface area contributed by atoms with E-state index in [1.165, 1.54) is 11.1 Å². The standard InChI is InChI=1S/C25H30N2O5/c1-2-8-17(15-23(28)26-14-7-13-24(29)30)27-25(31)32-16-22-20-11-5-3-9-18(20)19-10-4-6-12-21(19)22/h3-6,9-12,17,22H,2,7-8,13-16H2,1H3,(H,26,28)(H,27,31)(H,29,30). The molecule has 0 saturated heterocycles. The Morgan fingerprint density at radius 2 is 1.66 bits per heavy atom. The topological polar surface area (TPSA) is 105 Å². The number of alkyl carbamates (subject to hydrolysis) is 1. The quantitative estimate of drug-likeness (QED) is 0.459. The molecule has 7 heteroatoms. The van der Waals surface area contributed by atoms with E-state index in [4.69, 9.17) is 9.84 Å². The molecule has 0 saturated carbocycles. The highest BCUT2D eigenvalue weighted by atomic mass is 16.5. The lowest BCUT2D eigenvalue weighted by atomic mass is 9.98. The Morgan fingerprint density at radius 3 is 2.25 bits per heavy atom. The van der Waals surface area contributed by atoms with E-state index in [1.807, 2.05) is 31.2 Å². The van der Waals surface area contributed by atoms with Gasteiger partial charge in [0.1, 0.15) is 6.61 Å². The third kappa shape index (κ3) is 6.09. The summed E-state index contributed by atoms with van der Waals surface area (Å²) >= 11 is 0. The van der Waals surface area contributed by atoms with Gasteiger partial charge in [0.25, 0.3) is 0 Å². The molecule has 0 aliphatic heterocycles. The van der Waals surface area contributed by atoms with E-state index in [0.29, 0.717) is 19.4 Å². The van der Waals surface area contributed by atoms with E-state index >= 15 is 0 Å². The summed E-state index contributed by atoms with van der Waals surface area (Å²) in [4.78, 5) is 35.2. The van der Waals surface area contributed by atoms with Gasteiger partial charge in [0.15, 0.2) is 0 Å². The molecule has 2 aromatic carbocycles. The van der Waals surface area contributed by atoms with Crippen LogP contribution < -0.4 is 10.6 Å². The minimum atomic E-state index is -0.889. The predicted octanol–water partition coefficient (Wildman–Crippen LogP) is 4.06. The van der Waals surface area contributed by atoms with E-state index in [-0.39, 0.29) is 37.3 Å². The van der Waals surface area contributed by atoms with Gasteiger partial charge in [-0.25, -0.2) is 4.79 Å². The Kier molecular flexibility index (Phi) is 8.25. The molecule has 1 unspecified atom stereocenters. The van der Waals surface area contributed by atoms with Gasteiger partial charge in [-0.05, 0) is 35.1 Å². The van der Waals surface area contributed by atoms with Crippen molar-refractivity contribution in [3.63, 3.8) is 0 Å². The number of carboxylic acids is 1. The van der Waals surface area contributed by atoms with Gasteiger partial charge in [0.05, 0.1) is 0 Å². The number of rotatable bonds is 11. The molecule has 0 radical (unpaired) electrons. The minimum absolute atomic E-state index is 0.0106. The number of hydrogen-bond acceptors (Lipinski definition) is 4. The van der Waals surface area contributed by atoms with Gasteiger partial charge in [0.2, 0.25) is 5.91 Å². The highest BCUT2D eigenvalue weighted by Gasteiger charge is 2.29. The molecule has 3 N–H and O–H groups in total. The van der Waals surface area contributed by atoms with E-state index in [2.05, 4.69) is 34.9 Å². The first kappa shape index (κ1) is 23.3. The Labute approximate surface area is 188 Å². The molecule has 0 heterocycles. The van der Waals surface area contributed by atoms with Crippen LogP contribution >= 0.6 is 0 Å². The highest BCUT2D eigenvalue weighted by Crippen LogP contribution is 2.44. The summed E-state index contributed by atoms with van der Waals surface area (Å²) in [6.45, 7) is 2.51. The predicted molar refractivity (Wildman–Crippen MR) is 121 cm³/mol. The number of ether oxygens (including phenoxy) is 1. The van der Waals surface area contributed by atoms with Crippen LogP contribution in [0.25, 0.3) is 11.1 Å². The summed E-state index contributed by atoms with van der Waals surface area (Å²) in [7, 11) is 0. The zero-order chi connectivity index (χ0) is 22.9. The molecule has 1 aliphatic rings. The lowest BCUT2D eigenvalue weighted by molar-refractivity contribution is -0.137. The lowest BCUT2D eigenvalue weighted by Gasteiger charge is -2.19. The SMILES string of the molecule is CCCC(CC(=O)NCCCC(=O)O)NC(=O)OCC1c2ccccc2-c2ccccc21. The van der Waals surface area contributed by atoms with Crippen molar-refractivity contribution >= 4 is 18.0 Å². The van der Waals surface area contributed by atoms with Crippen LogP contribution in [0.5, 0.6) is 0 Å². The molecular formula is C25H30N2O5. The lowest BCUT2D eigenvalue weighted by Crippen LogP contribution is -2.40. The molecule has 3 rings (SSSR count). The fourth-order valence-electron chi connectivity index (χ4n) is 4.14. The van der Waals surface area contributed by atoms with Crippen LogP contribution in [0.2, 0.25) is 0 Å². The molecular weight excluding hydrogens is 408 g/mol. The number of carbonyl (C=O) groups excluding carboxylic acids is 2. The van der Waals surface area contributed by atoms with Gasteiger partial charge in [-0.1, -0.05) is 61.9 Å². The van der Waals surface area contributed by atoms with Gasteiger partial charge >= 0.3 is 12.1 Å². The van der Waals surface area contributed by atoms with Crippen molar-refractivity contribution in [3.8, 4) is 11.1 Å². The van der Waals surface area contributed by atoms with Crippen LogP contribution in [0.3, 0.4) is 0 Å². The first-order valence-electron chi connectivity index (χ1n) is 11.1. The number of benzene rings is 2. The zero-order valence-electron chi connectivity index (χ0n) is 18.3. The molecule has 32 heavy (non-hydrogen) atoms. The van der Waals surface area contributed by atoms with Crippen LogP contribution in [0.1, 0.15) is 56.1 Å². The molecule has 2 amide bonds. The molecule has 0 aromatic heterocycles. The maximum Gasteiger partial charge on any atom is 0.407 e. The van der Waals surface area contributed by atoms with Crippen molar-refractivity contribution in [2.75, 3.05) is 13.2 Å². The monoisotopic (exact) mass is 438 g/mol. The summed E-state index contributed by atoms with van der Waals surface area (Å²) in [6.07, 6.45) is 1.43. The third-order valence-corrected chi connectivity index (χ3v) is 5.62. The maximum absolute atomic E-state index is 12.5. The molecule has 0 spiro atoms. The summed E-state index contributed by atoms with van der Waals surface area (Å²) in [5.74, 6) is -1.12. The molecule has 1 atom stereocenters. The van der Waals surface area contributed by atoms with Crippen molar-refractivity contribution in [2.45, 2.75) is 51.0 Å². The molecule has 1 aliphatic carbocycles. The van der Waals surface area contributed by atoms with Gasteiger partial charge < -0.3 is 20.5 Å². The van der Waals surface area contributed by atoms with E-state index in [1.54, 1.807) is 0 Å². The van der Waals surface area contributed by atoms with E-state index in [9.17, 15) is 14.4 Å². The zero-order valence-corrected chi connectivity index (χ0v) is 18.3. The molecule has 0 bridgehead atoms. The average Bonchev–Trinajstić information content (AvgIpc) is 3.09. The van der Waals surface area contributed by atoms with Crippen molar-refractivity contribution in [1.29, 1.82) is 0 Å². The summed E-state index contributed by atoms with van der Waals surface area (Å²) in [6, 6.07) is 16.0. The second kappa shape index (κ2) is 11.3. The average molecular weight is 439 g/mol. The Balaban J connectivity index is 1.52. The first-order valence-corrected chi connectivity index (χ1v) is 11.1. The van der Waals surface area contributed by atoms with Crippen LogP contribution in [0, 0.1) is 0 Å². The van der Waals surface area contributed by atoms with Crippen molar-refractivity contribution < 1.29 is 24.2 Å². The van der Waals surface area contributed by atoms with Crippen LogP contribution in [0.4, 0.5) is 4.79 Å². The smallest absolute Gasteiger partial charge is 0.407 e. The molecule has 170 valence electrons. The number of carboxylic acid groups (broad SMARTS) is 1. The summed E-state index contributed by atoms with van der Waals surface area (Å²) in [5.41, 5.74) is 4.63. The number of nitrogens with one attached hydrogen (secondary N) is 2. The van der Waals surface area contributed by atoms with E-state index < -0.39 is 12.1 Å². The normalized spacial score (nSPS) is 13.0. The van der Waals surface area contributed by atoms with Crippen LogP contribution in [0.15, 0.2) is 48.5 Å². The molecule has 7 nitrogen and oxygen atoms in total. The number of fused-ring (bicyclic) bond motifs is 3. The molecule has 0 fully saturated rings. The van der Waals surface area contributed by atoms with Gasteiger partial charge in [-0.2, -0.15) is 0 Å². The number of aliphatic carboxylic acids is 1. The van der Waals surface area contributed by atoms with Crippen molar-refractivity contribution in [2.24, 2.45) is 0 Å². The largest absolute Gasteiger partial charge is 0.481 e. The fourth-order valence-corrected chi connectivity index (χ4v) is 4.14. The van der Waals surface area contributed by atoms with Gasteiger partial charge in [-0.3, -0.25) is 9.59 Å². The van der Waals surface area contributed by atoms with Crippen LogP contribution in [-0.2, 0) is 14.3 Å². The summed E-state index contributed by atoms with van der Waals surface area (Å²) in [5, 5.41) is 14.2. The number of amides is 2. The first-order chi connectivity index (χ1) is 15.5. The highest BCUT2D eigenvalue weighted by molar-refractivity contribution is 5.79. The summed E-state index contributed by atoms with van der Waals surface area (Å²) < 4.78 is 5.58. The number of carbonyl (C=O) groups is 3. The Hall–Kier alpha value is -3.35. The fraction of sp³-hybridized carbons (Fsp3) is 0.400. The Bertz CT molecular complexity index is 913. The van der Waals surface area contributed by atoms with Gasteiger partial charge in [-0.15, -0.1) is 0 Å². The van der Waals surface area contributed by atoms with Gasteiger partial charge in [0, 0.05) is 31.3 Å². The van der Waals surface area contributed by atoms with E-state index in [0.717, 1.165) is 17.5 Å². The van der Waals surface area contributed by atoms with Crippen molar-refractivity contribution in [1.82, 2.24) is 10.6 Å². The number of hydrogen-bond donors (Lipinski definition) is 3. The van der Waals surface area contributed by atoms with Crippen molar-refractivity contribution in [3.05, 3.63) is 59.7 Å². The second-order valence-corrected chi connectivity index (χ2v) is 8.01. The second-order valence-electron chi connectivity index (χ2n) is 8.01.